The van der Waals surface area contributed by atoms with Crippen molar-refractivity contribution in [3.05, 3.63) is 60.8 Å². The van der Waals surface area contributed by atoms with Gasteiger partial charge in [-0.05, 0) is 25.2 Å². The van der Waals surface area contributed by atoms with Crippen LogP contribution >= 0.6 is 22.9 Å². The normalized spacial score (nSPS) is 13.7. The molecule has 2 amide bonds. The van der Waals surface area contributed by atoms with Crippen LogP contribution in [-0.2, 0) is 6.54 Å². The average molecular weight is 366 g/mol. The fourth-order valence-electron chi connectivity index (χ4n) is 2.51. The van der Waals surface area contributed by atoms with Crippen LogP contribution in [0.2, 0.25) is 4.34 Å². The van der Waals surface area contributed by atoms with E-state index >= 15 is 0 Å². The maximum Gasteiger partial charge on any atom is 0.270 e. The lowest BCUT2D eigenvalue weighted by atomic mass is 10.1. The maximum atomic E-state index is 12.4. The van der Waals surface area contributed by atoms with Crippen molar-refractivity contribution in [2.75, 3.05) is 13.7 Å². The van der Waals surface area contributed by atoms with Gasteiger partial charge in [-0.3, -0.25) is 29.5 Å². The molecule has 0 fully saturated rings. The third kappa shape index (κ3) is 3.03. The summed E-state index contributed by atoms with van der Waals surface area (Å²) in [4.78, 5) is 38.9. The molecule has 2 aromatic rings. The average Bonchev–Trinajstić information content (AvgIpc) is 3.04. The molecule has 0 atom stereocenters. The molecule has 24 heavy (non-hydrogen) atoms. The van der Waals surface area contributed by atoms with E-state index in [0.29, 0.717) is 10.9 Å². The molecule has 124 valence electrons. The molecular formula is C15H12ClN3O4S. The maximum absolute atomic E-state index is 12.4. The zero-order chi connectivity index (χ0) is 17.4. The molecule has 0 aliphatic carbocycles. The molecule has 1 aliphatic heterocycles. The quantitative estimate of drug-likeness (QED) is 0.462. The summed E-state index contributed by atoms with van der Waals surface area (Å²) < 4.78 is 0.673. The first kappa shape index (κ1) is 16.6. The van der Waals surface area contributed by atoms with Crippen LogP contribution in [0.15, 0.2) is 30.3 Å². The van der Waals surface area contributed by atoms with Crippen molar-refractivity contribution in [3.8, 4) is 0 Å². The number of hydrogen-bond acceptors (Lipinski definition) is 6. The van der Waals surface area contributed by atoms with Crippen LogP contribution in [-0.4, -0.2) is 40.3 Å². The van der Waals surface area contributed by atoms with Crippen molar-refractivity contribution in [1.82, 2.24) is 9.80 Å². The molecule has 0 unspecified atom stereocenters. The fourth-order valence-corrected chi connectivity index (χ4v) is 3.68. The molecular weight excluding hydrogens is 354 g/mol. The number of thiophene rings is 1. The molecule has 0 saturated heterocycles. The van der Waals surface area contributed by atoms with Crippen molar-refractivity contribution in [1.29, 1.82) is 0 Å². The van der Waals surface area contributed by atoms with E-state index in [4.69, 9.17) is 11.6 Å². The van der Waals surface area contributed by atoms with Gasteiger partial charge in [-0.15, -0.1) is 11.3 Å². The number of benzene rings is 1. The van der Waals surface area contributed by atoms with E-state index in [9.17, 15) is 19.7 Å². The second-order valence-corrected chi connectivity index (χ2v) is 7.19. The molecule has 1 aromatic heterocycles. The highest BCUT2D eigenvalue weighted by Gasteiger charge is 2.37. The minimum absolute atomic E-state index is 0.0711. The van der Waals surface area contributed by atoms with Crippen LogP contribution < -0.4 is 0 Å². The Morgan fingerprint density at radius 3 is 2.54 bits per heavy atom. The Labute approximate surface area is 146 Å². The largest absolute Gasteiger partial charge is 0.283 e. The number of non-ortho nitro benzene ring substituents is 1. The molecule has 9 heteroatoms. The molecule has 3 rings (SSSR count). The van der Waals surface area contributed by atoms with Crippen LogP contribution in [0.3, 0.4) is 0 Å². The highest BCUT2D eigenvalue weighted by molar-refractivity contribution is 7.16. The van der Waals surface area contributed by atoms with Gasteiger partial charge in [0.2, 0.25) is 0 Å². The lowest BCUT2D eigenvalue weighted by molar-refractivity contribution is -0.384. The second-order valence-electron chi connectivity index (χ2n) is 5.39. The van der Waals surface area contributed by atoms with Gasteiger partial charge in [0, 0.05) is 23.6 Å². The number of carbonyl (C=O) groups excluding carboxylic acids is 2. The summed E-state index contributed by atoms with van der Waals surface area (Å²) in [6.45, 7) is 0.626. The van der Waals surface area contributed by atoms with E-state index in [2.05, 4.69) is 0 Å². The third-order valence-corrected chi connectivity index (χ3v) is 4.82. The molecule has 0 radical (unpaired) electrons. The number of halogens is 1. The number of fused-ring (bicyclic) bond motifs is 1. The number of nitro benzene ring substituents is 1. The van der Waals surface area contributed by atoms with Crippen molar-refractivity contribution in [3.63, 3.8) is 0 Å². The van der Waals surface area contributed by atoms with Gasteiger partial charge in [0.05, 0.1) is 27.1 Å². The summed E-state index contributed by atoms with van der Waals surface area (Å²) in [5, 5.41) is 10.8. The minimum Gasteiger partial charge on any atom is -0.283 e. The van der Waals surface area contributed by atoms with E-state index in [0.717, 1.165) is 15.8 Å². The Bertz CT molecular complexity index is 851. The summed E-state index contributed by atoms with van der Waals surface area (Å²) >= 11 is 7.32. The van der Waals surface area contributed by atoms with Crippen molar-refractivity contribution >= 4 is 40.4 Å². The Balaban J connectivity index is 1.76. The molecule has 0 bridgehead atoms. The van der Waals surface area contributed by atoms with Crippen LogP contribution in [0.5, 0.6) is 0 Å². The van der Waals surface area contributed by atoms with E-state index in [1.165, 1.54) is 23.5 Å². The monoisotopic (exact) mass is 365 g/mol. The lowest BCUT2D eigenvalue weighted by Crippen LogP contribution is -2.39. The number of rotatable bonds is 5. The van der Waals surface area contributed by atoms with Crippen LogP contribution in [0.1, 0.15) is 25.6 Å². The smallest absolute Gasteiger partial charge is 0.270 e. The second kappa shape index (κ2) is 6.31. The molecule has 0 N–H and O–H groups in total. The van der Waals surface area contributed by atoms with E-state index < -0.39 is 16.7 Å². The number of imide groups is 1. The Hall–Kier alpha value is -2.29. The molecule has 1 aliphatic rings. The highest BCUT2D eigenvalue weighted by atomic mass is 35.5. The summed E-state index contributed by atoms with van der Waals surface area (Å²) in [7, 11) is 1.78. The van der Waals surface area contributed by atoms with Gasteiger partial charge in [-0.1, -0.05) is 11.6 Å². The lowest BCUT2D eigenvalue weighted by Gasteiger charge is -2.22. The summed E-state index contributed by atoms with van der Waals surface area (Å²) in [6.07, 6.45) is 0. The number of nitrogens with zero attached hydrogens (tertiary/aromatic N) is 3. The van der Waals surface area contributed by atoms with Gasteiger partial charge in [0.1, 0.15) is 0 Å². The van der Waals surface area contributed by atoms with Gasteiger partial charge in [-0.2, -0.15) is 0 Å². The van der Waals surface area contributed by atoms with Gasteiger partial charge >= 0.3 is 0 Å². The SMILES string of the molecule is CN(Cc1ccc(Cl)s1)CN1C(=O)c2ccc([N+](=O)[O-])cc2C1=O. The van der Waals surface area contributed by atoms with Crippen molar-refractivity contribution in [2.24, 2.45) is 0 Å². The zero-order valence-corrected chi connectivity index (χ0v) is 14.1. The van der Waals surface area contributed by atoms with Crippen LogP contribution in [0.4, 0.5) is 5.69 Å². The number of amides is 2. The molecule has 1 aromatic carbocycles. The van der Waals surface area contributed by atoms with Gasteiger partial charge < -0.3 is 0 Å². The first-order valence-electron chi connectivity index (χ1n) is 6.94. The van der Waals surface area contributed by atoms with Gasteiger partial charge in [-0.25, -0.2) is 0 Å². The Morgan fingerprint density at radius 2 is 1.92 bits per heavy atom. The fraction of sp³-hybridized carbons (Fsp3) is 0.200. The highest BCUT2D eigenvalue weighted by Crippen LogP contribution is 2.27. The Kier molecular flexibility index (Phi) is 4.35. The molecule has 0 saturated carbocycles. The molecule has 7 nitrogen and oxygen atoms in total. The van der Waals surface area contributed by atoms with Gasteiger partial charge in [0.25, 0.3) is 17.5 Å². The minimum atomic E-state index is -0.590. The summed E-state index contributed by atoms with van der Waals surface area (Å²) in [6, 6.07) is 7.37. The first-order valence-corrected chi connectivity index (χ1v) is 8.13. The topological polar surface area (TPSA) is 83.8 Å². The zero-order valence-electron chi connectivity index (χ0n) is 12.6. The summed E-state index contributed by atoms with van der Waals surface area (Å²) in [5.74, 6) is -0.962. The summed E-state index contributed by atoms with van der Waals surface area (Å²) in [5.41, 5.74) is 0.0540. The Morgan fingerprint density at radius 1 is 1.21 bits per heavy atom. The predicted octanol–water partition coefficient (Wildman–Crippen LogP) is 3.00. The van der Waals surface area contributed by atoms with E-state index in [1.807, 2.05) is 6.07 Å². The van der Waals surface area contributed by atoms with E-state index in [1.54, 1.807) is 18.0 Å². The predicted molar refractivity (Wildman–Crippen MR) is 89.3 cm³/mol. The molecule has 2 heterocycles. The third-order valence-electron chi connectivity index (χ3n) is 3.60. The van der Waals surface area contributed by atoms with Gasteiger partial charge in [0.15, 0.2) is 0 Å². The van der Waals surface area contributed by atoms with Crippen molar-refractivity contribution in [2.45, 2.75) is 6.54 Å². The van der Waals surface area contributed by atoms with Crippen molar-refractivity contribution < 1.29 is 14.5 Å². The first-order chi connectivity index (χ1) is 11.4. The number of nitro groups is 1. The number of hydrogen-bond donors (Lipinski definition) is 0. The standard InChI is InChI=1S/C15H12ClN3O4S/c1-17(7-10-3-5-13(16)24-10)8-18-14(20)11-4-2-9(19(22)23)6-12(11)15(18)21/h2-6H,7-8H2,1H3. The van der Waals surface area contributed by atoms with Crippen LogP contribution in [0.25, 0.3) is 0 Å². The van der Waals surface area contributed by atoms with Crippen LogP contribution in [0, 0.1) is 10.1 Å². The van der Waals surface area contributed by atoms with E-state index in [-0.39, 0.29) is 23.5 Å². The number of carbonyl (C=O) groups is 2. The molecule has 0 spiro atoms.